The molecule has 0 aromatic heterocycles. The molecular formula is C16H18N2O3. The first-order chi connectivity index (χ1) is 10.3. The van der Waals surface area contributed by atoms with Gasteiger partial charge >= 0.3 is 0 Å². The highest BCUT2D eigenvalue weighted by Gasteiger charge is 2.14. The van der Waals surface area contributed by atoms with Gasteiger partial charge in [-0.2, -0.15) is 0 Å². The Kier molecular flexibility index (Phi) is 3.73. The molecule has 3 N–H and O–H groups in total. The van der Waals surface area contributed by atoms with Crippen LogP contribution in [0.1, 0.15) is 5.56 Å². The van der Waals surface area contributed by atoms with Gasteiger partial charge in [-0.05, 0) is 17.7 Å². The Morgan fingerprint density at radius 2 is 1.76 bits per heavy atom. The second-order valence-corrected chi connectivity index (χ2v) is 4.78. The predicted molar refractivity (Wildman–Crippen MR) is 82.2 cm³/mol. The molecule has 1 aliphatic rings. The summed E-state index contributed by atoms with van der Waals surface area (Å²) in [6, 6.07) is 11.6. The third-order valence-electron chi connectivity index (χ3n) is 3.36. The Morgan fingerprint density at radius 3 is 2.43 bits per heavy atom. The van der Waals surface area contributed by atoms with Gasteiger partial charge in [0, 0.05) is 18.7 Å². The normalized spacial score (nSPS) is 12.8. The Bertz CT molecular complexity index is 626. The summed E-state index contributed by atoms with van der Waals surface area (Å²) < 4.78 is 16.2. The van der Waals surface area contributed by atoms with E-state index in [1.807, 2.05) is 30.3 Å². The number of benzene rings is 2. The zero-order chi connectivity index (χ0) is 14.7. The van der Waals surface area contributed by atoms with Crippen LogP contribution in [0.15, 0.2) is 36.4 Å². The summed E-state index contributed by atoms with van der Waals surface area (Å²) in [7, 11) is 1.66. The molecule has 0 saturated heterocycles. The summed E-state index contributed by atoms with van der Waals surface area (Å²) in [5.41, 5.74) is 8.67. The standard InChI is InChI=1S/C16H18N2O3/c1-19-12-4-2-11(3-5-12)10-18-14-9-16-15(8-13(14)17)20-6-7-21-16/h2-5,8-9,18H,6-7,10,17H2,1H3. The van der Waals surface area contributed by atoms with Gasteiger partial charge in [-0.15, -0.1) is 0 Å². The van der Waals surface area contributed by atoms with E-state index in [1.165, 1.54) is 0 Å². The number of nitrogens with one attached hydrogen (secondary N) is 1. The number of hydrogen-bond donors (Lipinski definition) is 2. The fourth-order valence-electron chi connectivity index (χ4n) is 2.20. The van der Waals surface area contributed by atoms with Gasteiger partial charge in [0.15, 0.2) is 11.5 Å². The molecule has 110 valence electrons. The molecule has 0 saturated carbocycles. The highest BCUT2D eigenvalue weighted by Crippen LogP contribution is 2.37. The molecular weight excluding hydrogens is 268 g/mol. The molecule has 21 heavy (non-hydrogen) atoms. The third kappa shape index (κ3) is 2.97. The molecule has 0 spiro atoms. The molecule has 0 radical (unpaired) electrons. The summed E-state index contributed by atoms with van der Waals surface area (Å²) in [5.74, 6) is 2.28. The fraction of sp³-hybridized carbons (Fsp3) is 0.250. The van der Waals surface area contributed by atoms with Crippen LogP contribution in [0.5, 0.6) is 17.2 Å². The van der Waals surface area contributed by atoms with E-state index in [9.17, 15) is 0 Å². The van der Waals surface area contributed by atoms with Crippen LogP contribution in [-0.2, 0) is 6.54 Å². The molecule has 0 fully saturated rings. The van der Waals surface area contributed by atoms with Crippen LogP contribution in [0.25, 0.3) is 0 Å². The lowest BCUT2D eigenvalue weighted by Crippen LogP contribution is -2.16. The van der Waals surface area contributed by atoms with Crippen molar-refractivity contribution in [2.24, 2.45) is 0 Å². The average molecular weight is 286 g/mol. The van der Waals surface area contributed by atoms with Gasteiger partial charge in [0.1, 0.15) is 19.0 Å². The lowest BCUT2D eigenvalue weighted by atomic mass is 10.2. The van der Waals surface area contributed by atoms with Gasteiger partial charge in [0.2, 0.25) is 0 Å². The fourth-order valence-corrected chi connectivity index (χ4v) is 2.20. The average Bonchev–Trinajstić information content (AvgIpc) is 2.53. The summed E-state index contributed by atoms with van der Waals surface area (Å²) in [6.45, 7) is 1.80. The zero-order valence-electron chi connectivity index (χ0n) is 11.9. The van der Waals surface area contributed by atoms with E-state index in [0.717, 1.165) is 22.7 Å². The molecule has 5 nitrogen and oxygen atoms in total. The quantitative estimate of drug-likeness (QED) is 0.846. The Labute approximate surface area is 123 Å². The van der Waals surface area contributed by atoms with Crippen molar-refractivity contribution in [3.8, 4) is 17.2 Å². The molecule has 0 amide bonds. The van der Waals surface area contributed by atoms with Gasteiger partial charge in [-0.25, -0.2) is 0 Å². The second-order valence-electron chi connectivity index (χ2n) is 4.78. The minimum absolute atomic E-state index is 0.561. The van der Waals surface area contributed by atoms with E-state index in [1.54, 1.807) is 13.2 Å². The largest absolute Gasteiger partial charge is 0.497 e. The van der Waals surface area contributed by atoms with Crippen molar-refractivity contribution < 1.29 is 14.2 Å². The maximum atomic E-state index is 6.04. The van der Waals surface area contributed by atoms with E-state index in [0.29, 0.717) is 31.2 Å². The SMILES string of the molecule is COc1ccc(CNc2cc3c(cc2N)OCCO3)cc1. The second kappa shape index (κ2) is 5.83. The van der Waals surface area contributed by atoms with Crippen molar-refractivity contribution in [1.82, 2.24) is 0 Å². The monoisotopic (exact) mass is 286 g/mol. The molecule has 0 aliphatic carbocycles. The minimum atomic E-state index is 0.561. The van der Waals surface area contributed by atoms with Crippen molar-refractivity contribution in [3.63, 3.8) is 0 Å². The van der Waals surface area contributed by atoms with Crippen LogP contribution < -0.4 is 25.3 Å². The minimum Gasteiger partial charge on any atom is -0.497 e. The van der Waals surface area contributed by atoms with Gasteiger partial charge in [-0.3, -0.25) is 0 Å². The van der Waals surface area contributed by atoms with Crippen molar-refractivity contribution in [3.05, 3.63) is 42.0 Å². The third-order valence-corrected chi connectivity index (χ3v) is 3.36. The van der Waals surface area contributed by atoms with E-state index in [4.69, 9.17) is 19.9 Å². The van der Waals surface area contributed by atoms with Gasteiger partial charge < -0.3 is 25.3 Å². The summed E-state index contributed by atoms with van der Waals surface area (Å²) >= 11 is 0. The Hall–Kier alpha value is -2.56. The van der Waals surface area contributed by atoms with E-state index in [-0.39, 0.29) is 0 Å². The van der Waals surface area contributed by atoms with Crippen LogP contribution in [0.3, 0.4) is 0 Å². The molecule has 1 aliphatic heterocycles. The molecule has 1 heterocycles. The van der Waals surface area contributed by atoms with Crippen LogP contribution in [-0.4, -0.2) is 20.3 Å². The molecule has 0 bridgehead atoms. The predicted octanol–water partition coefficient (Wildman–Crippen LogP) is 2.66. The number of hydrogen-bond acceptors (Lipinski definition) is 5. The van der Waals surface area contributed by atoms with Crippen molar-refractivity contribution in [2.75, 3.05) is 31.4 Å². The van der Waals surface area contributed by atoms with Gasteiger partial charge in [0.05, 0.1) is 18.5 Å². The molecule has 5 heteroatoms. The van der Waals surface area contributed by atoms with Crippen molar-refractivity contribution in [1.29, 1.82) is 0 Å². The summed E-state index contributed by atoms with van der Waals surface area (Å²) in [6.07, 6.45) is 0. The van der Waals surface area contributed by atoms with Crippen LogP contribution in [0, 0.1) is 0 Å². The maximum Gasteiger partial charge on any atom is 0.163 e. The number of ether oxygens (including phenoxy) is 3. The first-order valence-corrected chi connectivity index (χ1v) is 6.82. The Morgan fingerprint density at radius 1 is 1.10 bits per heavy atom. The summed E-state index contributed by atoms with van der Waals surface area (Å²) in [4.78, 5) is 0. The van der Waals surface area contributed by atoms with Gasteiger partial charge in [0.25, 0.3) is 0 Å². The van der Waals surface area contributed by atoms with Crippen LogP contribution >= 0.6 is 0 Å². The molecule has 0 atom stereocenters. The van der Waals surface area contributed by atoms with Crippen LogP contribution in [0.4, 0.5) is 11.4 Å². The van der Waals surface area contributed by atoms with Crippen molar-refractivity contribution in [2.45, 2.75) is 6.54 Å². The Balaban J connectivity index is 1.72. The number of nitrogens with two attached hydrogens (primary N) is 1. The lowest BCUT2D eigenvalue weighted by molar-refractivity contribution is 0.172. The zero-order valence-corrected chi connectivity index (χ0v) is 11.9. The topological polar surface area (TPSA) is 65.7 Å². The maximum absolute atomic E-state index is 6.04. The molecule has 2 aromatic carbocycles. The van der Waals surface area contributed by atoms with E-state index < -0.39 is 0 Å². The van der Waals surface area contributed by atoms with E-state index >= 15 is 0 Å². The number of fused-ring (bicyclic) bond motifs is 1. The number of nitrogen functional groups attached to an aromatic ring is 1. The van der Waals surface area contributed by atoms with Crippen LogP contribution in [0.2, 0.25) is 0 Å². The smallest absolute Gasteiger partial charge is 0.163 e. The number of methoxy groups -OCH3 is 1. The molecule has 0 unspecified atom stereocenters. The van der Waals surface area contributed by atoms with Gasteiger partial charge in [-0.1, -0.05) is 12.1 Å². The highest BCUT2D eigenvalue weighted by atomic mass is 16.6. The molecule has 2 aromatic rings. The lowest BCUT2D eigenvalue weighted by Gasteiger charge is -2.20. The first-order valence-electron chi connectivity index (χ1n) is 6.82. The first kappa shape index (κ1) is 13.4. The molecule has 3 rings (SSSR count). The van der Waals surface area contributed by atoms with Crippen molar-refractivity contribution >= 4 is 11.4 Å². The summed E-state index contributed by atoms with van der Waals surface area (Å²) in [5, 5.41) is 3.32. The number of rotatable bonds is 4. The number of anilines is 2. The highest BCUT2D eigenvalue weighted by molar-refractivity contribution is 5.72. The van der Waals surface area contributed by atoms with E-state index in [2.05, 4.69) is 5.32 Å².